The highest BCUT2D eigenvalue weighted by molar-refractivity contribution is 5.78. The van der Waals surface area contributed by atoms with Crippen LogP contribution < -0.4 is 0 Å². The topological polar surface area (TPSA) is 17.1 Å². The van der Waals surface area contributed by atoms with E-state index in [0.717, 1.165) is 38.0 Å². The predicted molar refractivity (Wildman–Crippen MR) is 62.5 cm³/mol. The van der Waals surface area contributed by atoms with Gasteiger partial charge in [0, 0.05) is 12.8 Å². The lowest BCUT2D eigenvalue weighted by molar-refractivity contribution is -0.119. The van der Waals surface area contributed by atoms with Crippen LogP contribution in [0.25, 0.3) is 0 Å². The smallest absolute Gasteiger partial charge is 0.132 e. The van der Waals surface area contributed by atoms with Gasteiger partial charge in [0.1, 0.15) is 5.78 Å². The Morgan fingerprint density at radius 2 is 1.64 bits per heavy atom. The van der Waals surface area contributed by atoms with Gasteiger partial charge in [-0.15, -0.1) is 0 Å². The Bertz CT molecular complexity index is 138. The molecule has 0 aromatic heterocycles. The summed E-state index contributed by atoms with van der Waals surface area (Å²) < 4.78 is 0. The first kappa shape index (κ1) is 13.7. The van der Waals surface area contributed by atoms with Crippen LogP contribution in [-0.4, -0.2) is 5.78 Å². The molecule has 0 unspecified atom stereocenters. The van der Waals surface area contributed by atoms with E-state index in [4.69, 9.17) is 0 Å². The minimum absolute atomic E-state index is 0.469. The van der Waals surface area contributed by atoms with Gasteiger partial charge in [0.15, 0.2) is 0 Å². The molecule has 0 radical (unpaired) electrons. The van der Waals surface area contributed by atoms with E-state index in [0.29, 0.717) is 5.78 Å². The third-order valence-corrected chi connectivity index (χ3v) is 2.55. The molecule has 14 heavy (non-hydrogen) atoms. The number of hydrogen-bond donors (Lipinski definition) is 0. The molecule has 0 bridgehead atoms. The fourth-order valence-corrected chi connectivity index (χ4v) is 1.55. The Kier molecular flexibility index (Phi) is 9.02. The van der Waals surface area contributed by atoms with Crippen molar-refractivity contribution in [1.29, 1.82) is 0 Å². The van der Waals surface area contributed by atoms with Gasteiger partial charge in [0.05, 0.1) is 0 Å². The first-order chi connectivity index (χ1) is 6.66. The second-order valence-corrected chi connectivity index (χ2v) is 4.64. The molecule has 1 nitrogen and oxygen atoms in total. The summed E-state index contributed by atoms with van der Waals surface area (Å²) in [6, 6.07) is 0. The maximum Gasteiger partial charge on any atom is 0.132 e. The summed E-state index contributed by atoms with van der Waals surface area (Å²) in [5.41, 5.74) is 0. The zero-order chi connectivity index (χ0) is 10.8. The Balaban J connectivity index is 3.15. The Morgan fingerprint density at radius 1 is 1.00 bits per heavy atom. The molecule has 0 rings (SSSR count). The highest BCUT2D eigenvalue weighted by atomic mass is 16.1. The van der Waals surface area contributed by atoms with Crippen LogP contribution in [0.3, 0.4) is 0 Å². The van der Waals surface area contributed by atoms with E-state index in [1.807, 2.05) is 0 Å². The molecule has 0 heterocycles. The van der Waals surface area contributed by atoms with Crippen LogP contribution in [0.2, 0.25) is 0 Å². The second kappa shape index (κ2) is 9.23. The molecule has 84 valence electrons. The molecule has 0 fully saturated rings. The molecule has 0 aromatic carbocycles. The third kappa shape index (κ3) is 9.76. The minimum atomic E-state index is 0.469. The number of carbonyl (C=O) groups is 1. The highest BCUT2D eigenvalue weighted by Gasteiger charge is 2.01. The van der Waals surface area contributed by atoms with Gasteiger partial charge in [0.2, 0.25) is 0 Å². The number of rotatable bonds is 9. The van der Waals surface area contributed by atoms with E-state index >= 15 is 0 Å². The van der Waals surface area contributed by atoms with Crippen molar-refractivity contribution in [2.75, 3.05) is 0 Å². The summed E-state index contributed by atoms with van der Waals surface area (Å²) in [5, 5.41) is 0. The molecule has 0 aliphatic carbocycles. The zero-order valence-electron chi connectivity index (χ0n) is 10.1. The van der Waals surface area contributed by atoms with Crippen LogP contribution in [-0.2, 0) is 4.79 Å². The third-order valence-electron chi connectivity index (χ3n) is 2.55. The van der Waals surface area contributed by atoms with Crippen molar-refractivity contribution in [1.82, 2.24) is 0 Å². The van der Waals surface area contributed by atoms with E-state index in [9.17, 15) is 4.79 Å². The molecule has 0 amide bonds. The van der Waals surface area contributed by atoms with Gasteiger partial charge in [0.25, 0.3) is 0 Å². The number of carbonyl (C=O) groups excluding carboxylic acids is 1. The van der Waals surface area contributed by atoms with Crippen LogP contribution in [0.5, 0.6) is 0 Å². The van der Waals surface area contributed by atoms with E-state index < -0.39 is 0 Å². The lowest BCUT2D eigenvalue weighted by Crippen LogP contribution is -1.97. The van der Waals surface area contributed by atoms with E-state index in [2.05, 4.69) is 20.8 Å². The molecule has 0 N–H and O–H groups in total. The van der Waals surface area contributed by atoms with Crippen LogP contribution >= 0.6 is 0 Å². The summed E-state index contributed by atoms with van der Waals surface area (Å²) in [7, 11) is 0. The molecular weight excluding hydrogens is 172 g/mol. The number of hydrogen-bond acceptors (Lipinski definition) is 1. The van der Waals surface area contributed by atoms with Gasteiger partial charge in [-0.3, -0.25) is 4.79 Å². The molecule has 0 aliphatic heterocycles. The van der Waals surface area contributed by atoms with E-state index in [1.165, 1.54) is 19.3 Å². The van der Waals surface area contributed by atoms with Crippen LogP contribution in [0.1, 0.15) is 72.1 Å². The molecule has 0 aliphatic rings. The molecule has 0 saturated carbocycles. The minimum Gasteiger partial charge on any atom is -0.300 e. The Hall–Kier alpha value is -0.330. The summed E-state index contributed by atoms with van der Waals surface area (Å²) in [4.78, 5) is 11.3. The summed E-state index contributed by atoms with van der Waals surface area (Å²) in [6.45, 7) is 6.65. The van der Waals surface area contributed by atoms with Crippen LogP contribution in [0.4, 0.5) is 0 Å². The molecule has 1 heteroatoms. The maximum absolute atomic E-state index is 11.3. The standard InChI is InChI=1S/C13H26O/c1-4-5-10-13(14)11-8-6-7-9-12(2)3/h12H,4-11H2,1-3H3. The largest absolute Gasteiger partial charge is 0.300 e. The zero-order valence-corrected chi connectivity index (χ0v) is 10.1. The highest BCUT2D eigenvalue weighted by Crippen LogP contribution is 2.10. The second-order valence-electron chi connectivity index (χ2n) is 4.64. The normalized spacial score (nSPS) is 10.9. The monoisotopic (exact) mass is 198 g/mol. The quantitative estimate of drug-likeness (QED) is 0.503. The van der Waals surface area contributed by atoms with Crippen LogP contribution in [0.15, 0.2) is 0 Å². The SMILES string of the molecule is CCCCC(=O)CCCCCC(C)C. The molecule has 0 atom stereocenters. The van der Waals surface area contributed by atoms with Crippen molar-refractivity contribution in [2.24, 2.45) is 5.92 Å². The lowest BCUT2D eigenvalue weighted by atomic mass is 10.0. The van der Waals surface area contributed by atoms with Crippen molar-refractivity contribution in [3.8, 4) is 0 Å². The van der Waals surface area contributed by atoms with E-state index in [1.54, 1.807) is 0 Å². The maximum atomic E-state index is 11.3. The van der Waals surface area contributed by atoms with Gasteiger partial charge in [-0.1, -0.05) is 46.5 Å². The first-order valence-electron chi connectivity index (χ1n) is 6.18. The molecule has 0 saturated heterocycles. The van der Waals surface area contributed by atoms with Crippen molar-refractivity contribution < 1.29 is 4.79 Å². The average molecular weight is 198 g/mol. The summed E-state index contributed by atoms with van der Waals surface area (Å²) in [5.74, 6) is 1.28. The number of ketones is 1. The average Bonchev–Trinajstić information content (AvgIpc) is 2.13. The summed E-state index contributed by atoms with van der Waals surface area (Å²) >= 11 is 0. The van der Waals surface area contributed by atoms with Gasteiger partial charge >= 0.3 is 0 Å². The van der Waals surface area contributed by atoms with Crippen LogP contribution in [0, 0.1) is 5.92 Å². The Morgan fingerprint density at radius 3 is 2.21 bits per heavy atom. The number of unbranched alkanes of at least 4 members (excludes halogenated alkanes) is 3. The van der Waals surface area contributed by atoms with Gasteiger partial charge < -0.3 is 0 Å². The molecule has 0 aromatic rings. The number of Topliss-reactive ketones (excluding diaryl/α,β-unsaturated/α-hetero) is 1. The van der Waals surface area contributed by atoms with Crippen molar-refractivity contribution in [3.05, 3.63) is 0 Å². The first-order valence-corrected chi connectivity index (χ1v) is 6.18. The fraction of sp³-hybridized carbons (Fsp3) is 0.923. The molecular formula is C13H26O. The van der Waals surface area contributed by atoms with Crippen molar-refractivity contribution in [2.45, 2.75) is 72.1 Å². The lowest BCUT2D eigenvalue weighted by Gasteiger charge is -2.03. The van der Waals surface area contributed by atoms with Gasteiger partial charge in [-0.05, 0) is 18.8 Å². The Labute approximate surface area is 89.3 Å². The van der Waals surface area contributed by atoms with Crippen molar-refractivity contribution >= 4 is 5.78 Å². The van der Waals surface area contributed by atoms with Gasteiger partial charge in [-0.2, -0.15) is 0 Å². The fourth-order valence-electron chi connectivity index (χ4n) is 1.55. The van der Waals surface area contributed by atoms with E-state index in [-0.39, 0.29) is 0 Å². The van der Waals surface area contributed by atoms with Gasteiger partial charge in [-0.25, -0.2) is 0 Å². The summed E-state index contributed by atoms with van der Waals surface area (Å²) in [6.07, 6.45) is 8.77. The predicted octanol–water partition coefficient (Wildman–Crippen LogP) is 4.35. The van der Waals surface area contributed by atoms with Crippen molar-refractivity contribution in [3.63, 3.8) is 0 Å². The molecule has 0 spiro atoms.